The molecule has 0 spiro atoms. The number of aryl methyl sites for hydroxylation is 2. The molecule has 0 fully saturated rings. The minimum Gasteiger partial charge on any atom is -0.497 e. The molecule has 0 unspecified atom stereocenters. The Bertz CT molecular complexity index is 1460. The number of ether oxygens (including phenoxy) is 1. The quantitative estimate of drug-likeness (QED) is 0.267. The molecule has 0 aliphatic carbocycles. The molecule has 3 aromatic carbocycles. The lowest BCUT2D eigenvalue weighted by atomic mass is 10.1. The zero-order chi connectivity index (χ0) is 30.9. The monoisotopic (exact) mass is 593 g/mol. The molecular formula is C33H43N3O5S. The first kappa shape index (κ1) is 32.7. The predicted molar refractivity (Wildman–Crippen MR) is 167 cm³/mol. The number of nitrogens with one attached hydrogen (secondary N) is 1. The van der Waals surface area contributed by atoms with Gasteiger partial charge in [-0.05, 0) is 74.6 Å². The van der Waals surface area contributed by atoms with E-state index in [0.717, 1.165) is 23.1 Å². The largest absolute Gasteiger partial charge is 0.497 e. The lowest BCUT2D eigenvalue weighted by molar-refractivity contribution is -0.140. The summed E-state index contributed by atoms with van der Waals surface area (Å²) in [4.78, 5) is 29.3. The number of sulfonamides is 1. The van der Waals surface area contributed by atoms with E-state index in [1.54, 1.807) is 49.6 Å². The van der Waals surface area contributed by atoms with Crippen molar-refractivity contribution in [3.63, 3.8) is 0 Å². The van der Waals surface area contributed by atoms with Crippen LogP contribution in [0.5, 0.6) is 5.75 Å². The number of carbonyl (C=O) groups is 2. The molecule has 2 amide bonds. The summed E-state index contributed by atoms with van der Waals surface area (Å²) in [5.41, 5.74) is 2.92. The Morgan fingerprint density at radius 2 is 1.62 bits per heavy atom. The molecule has 0 bridgehead atoms. The fourth-order valence-corrected chi connectivity index (χ4v) is 6.18. The lowest BCUT2D eigenvalue weighted by Gasteiger charge is -2.34. The van der Waals surface area contributed by atoms with E-state index in [0.29, 0.717) is 24.3 Å². The molecular weight excluding hydrogens is 550 g/mol. The van der Waals surface area contributed by atoms with E-state index in [1.165, 1.54) is 9.21 Å². The van der Waals surface area contributed by atoms with Gasteiger partial charge in [-0.2, -0.15) is 0 Å². The van der Waals surface area contributed by atoms with Gasteiger partial charge in [0.1, 0.15) is 18.3 Å². The van der Waals surface area contributed by atoms with Crippen molar-refractivity contribution >= 4 is 27.5 Å². The second-order valence-electron chi connectivity index (χ2n) is 10.4. The third-order valence-corrected chi connectivity index (χ3v) is 9.18. The van der Waals surface area contributed by atoms with Crippen LogP contribution in [-0.2, 0) is 32.6 Å². The van der Waals surface area contributed by atoms with Crippen molar-refractivity contribution in [2.75, 3.05) is 18.0 Å². The summed E-state index contributed by atoms with van der Waals surface area (Å²) >= 11 is 0. The first-order chi connectivity index (χ1) is 20.0. The highest BCUT2D eigenvalue weighted by atomic mass is 32.2. The zero-order valence-electron chi connectivity index (χ0n) is 25.5. The van der Waals surface area contributed by atoms with E-state index in [1.807, 2.05) is 65.0 Å². The molecule has 0 heterocycles. The third kappa shape index (κ3) is 7.91. The Labute approximate surface area is 250 Å². The predicted octanol–water partition coefficient (Wildman–Crippen LogP) is 5.48. The average Bonchev–Trinajstić information content (AvgIpc) is 2.99. The molecule has 3 aromatic rings. The van der Waals surface area contributed by atoms with E-state index < -0.39 is 28.5 Å². The van der Waals surface area contributed by atoms with Crippen LogP contribution in [0.4, 0.5) is 5.69 Å². The topological polar surface area (TPSA) is 96.0 Å². The van der Waals surface area contributed by atoms with Gasteiger partial charge in [0, 0.05) is 12.6 Å². The number of nitrogens with zero attached hydrogens (tertiary/aromatic N) is 2. The van der Waals surface area contributed by atoms with Gasteiger partial charge in [-0.1, -0.05) is 68.8 Å². The summed E-state index contributed by atoms with van der Waals surface area (Å²) in [7, 11) is -2.56. The van der Waals surface area contributed by atoms with Crippen molar-refractivity contribution < 1.29 is 22.7 Å². The smallest absolute Gasteiger partial charge is 0.264 e. The second-order valence-corrected chi connectivity index (χ2v) is 12.3. The van der Waals surface area contributed by atoms with Crippen LogP contribution in [0, 0.1) is 6.92 Å². The van der Waals surface area contributed by atoms with E-state index in [2.05, 4.69) is 5.32 Å². The maximum atomic E-state index is 14.3. The Morgan fingerprint density at radius 3 is 2.24 bits per heavy atom. The van der Waals surface area contributed by atoms with Gasteiger partial charge in [-0.25, -0.2) is 8.42 Å². The number of hydrogen-bond donors (Lipinski definition) is 1. The molecule has 42 heavy (non-hydrogen) atoms. The highest BCUT2D eigenvalue weighted by Crippen LogP contribution is 2.29. The van der Waals surface area contributed by atoms with Crippen molar-refractivity contribution in [3.8, 4) is 5.75 Å². The van der Waals surface area contributed by atoms with Gasteiger partial charge in [0.05, 0.1) is 17.7 Å². The zero-order valence-corrected chi connectivity index (χ0v) is 26.3. The van der Waals surface area contributed by atoms with E-state index in [-0.39, 0.29) is 23.4 Å². The fraction of sp³-hybridized carbons (Fsp3) is 0.394. The van der Waals surface area contributed by atoms with Crippen molar-refractivity contribution in [2.24, 2.45) is 0 Å². The Hall–Kier alpha value is -3.85. The third-order valence-electron chi connectivity index (χ3n) is 7.40. The molecule has 8 nitrogen and oxygen atoms in total. The number of para-hydroxylation sites is 1. The van der Waals surface area contributed by atoms with Crippen LogP contribution < -0.4 is 14.4 Å². The highest BCUT2D eigenvalue weighted by Gasteiger charge is 2.34. The summed E-state index contributed by atoms with van der Waals surface area (Å²) < 4.78 is 34.8. The minimum absolute atomic E-state index is 0.0739. The van der Waals surface area contributed by atoms with Crippen molar-refractivity contribution in [3.05, 3.63) is 89.5 Å². The minimum atomic E-state index is -4.13. The van der Waals surface area contributed by atoms with E-state index in [9.17, 15) is 18.0 Å². The van der Waals surface area contributed by atoms with Gasteiger partial charge in [0.2, 0.25) is 11.8 Å². The Kier molecular flexibility index (Phi) is 11.6. The normalized spacial score (nSPS) is 12.7. The number of rotatable bonds is 14. The van der Waals surface area contributed by atoms with Crippen LogP contribution in [0.1, 0.15) is 57.2 Å². The standard InChI is InChI=1S/C33H43N3O5S/c1-7-25(5)34-33(38)30(9-3)35(22-26-13-12-15-28(21-26)41-6)32(37)23-36(31-16-11-10-14-27(31)8-2)42(39,40)29-19-17-24(4)18-20-29/h10-21,25,30H,7-9,22-23H2,1-6H3,(H,34,38)/t25-,30-/m0/s1. The number of hydrogen-bond acceptors (Lipinski definition) is 5. The van der Waals surface area contributed by atoms with Gasteiger partial charge in [-0.3, -0.25) is 13.9 Å². The molecule has 1 N–H and O–H groups in total. The highest BCUT2D eigenvalue weighted by molar-refractivity contribution is 7.92. The number of methoxy groups -OCH3 is 1. The molecule has 0 aliphatic heterocycles. The molecule has 9 heteroatoms. The molecule has 3 rings (SSSR count). The first-order valence-electron chi connectivity index (χ1n) is 14.5. The van der Waals surface area contributed by atoms with Gasteiger partial charge in [-0.15, -0.1) is 0 Å². The Balaban J connectivity index is 2.11. The van der Waals surface area contributed by atoms with Crippen molar-refractivity contribution in [2.45, 2.75) is 77.4 Å². The lowest BCUT2D eigenvalue weighted by Crippen LogP contribution is -2.53. The molecule has 0 aromatic heterocycles. The summed E-state index contributed by atoms with van der Waals surface area (Å²) in [6.07, 6.45) is 1.67. The Morgan fingerprint density at radius 1 is 0.929 bits per heavy atom. The summed E-state index contributed by atoms with van der Waals surface area (Å²) in [5.74, 6) is -0.131. The van der Waals surface area contributed by atoms with E-state index >= 15 is 0 Å². The molecule has 0 aliphatic rings. The van der Waals surface area contributed by atoms with Gasteiger partial charge < -0.3 is 15.0 Å². The molecule has 2 atom stereocenters. The maximum Gasteiger partial charge on any atom is 0.264 e. The van der Waals surface area contributed by atoms with Crippen molar-refractivity contribution in [1.82, 2.24) is 10.2 Å². The molecule has 0 saturated heterocycles. The van der Waals surface area contributed by atoms with Crippen molar-refractivity contribution in [1.29, 1.82) is 0 Å². The number of anilines is 1. The summed E-state index contributed by atoms with van der Waals surface area (Å²) in [6.45, 7) is 9.20. The van der Waals surface area contributed by atoms with Gasteiger partial charge in [0.25, 0.3) is 10.0 Å². The second kappa shape index (κ2) is 14.9. The van der Waals surface area contributed by atoms with Crippen LogP contribution in [0.15, 0.2) is 77.7 Å². The summed E-state index contributed by atoms with van der Waals surface area (Å²) in [6, 6.07) is 20.2. The molecule has 0 radical (unpaired) electrons. The SMILES string of the molecule is CCc1ccccc1N(CC(=O)N(Cc1cccc(OC)c1)[C@@H](CC)C(=O)N[C@@H](C)CC)S(=O)(=O)c1ccc(C)cc1. The van der Waals surface area contributed by atoms with E-state index in [4.69, 9.17) is 4.74 Å². The van der Waals surface area contributed by atoms with Gasteiger partial charge >= 0.3 is 0 Å². The fourth-order valence-electron chi connectivity index (χ4n) is 4.73. The van der Waals surface area contributed by atoms with Crippen LogP contribution in [0.3, 0.4) is 0 Å². The summed E-state index contributed by atoms with van der Waals surface area (Å²) in [5, 5.41) is 3.00. The van der Waals surface area contributed by atoms with Crippen LogP contribution >= 0.6 is 0 Å². The van der Waals surface area contributed by atoms with Crippen LogP contribution in [0.2, 0.25) is 0 Å². The number of amides is 2. The van der Waals surface area contributed by atoms with Gasteiger partial charge in [0.15, 0.2) is 0 Å². The molecule has 0 saturated carbocycles. The maximum absolute atomic E-state index is 14.3. The molecule has 226 valence electrons. The number of benzene rings is 3. The first-order valence-corrected chi connectivity index (χ1v) is 15.9. The van der Waals surface area contributed by atoms with Crippen LogP contribution in [0.25, 0.3) is 0 Å². The average molecular weight is 594 g/mol. The number of carbonyl (C=O) groups excluding carboxylic acids is 2. The van der Waals surface area contributed by atoms with Crippen LogP contribution in [-0.4, -0.2) is 50.9 Å².